The fourth-order valence-corrected chi connectivity index (χ4v) is 4.09. The van der Waals surface area contributed by atoms with Crippen LogP contribution in [0.15, 0.2) is 27.9 Å². The summed E-state index contributed by atoms with van der Waals surface area (Å²) in [6, 6.07) is 3.82. The number of aromatic nitrogens is 1. The topological polar surface area (TPSA) is 111 Å². The van der Waals surface area contributed by atoms with Crippen LogP contribution < -0.4 is 5.32 Å². The van der Waals surface area contributed by atoms with E-state index in [2.05, 4.69) is 10.3 Å². The number of hydrogen-bond donors (Lipinski definition) is 1. The molecule has 1 heterocycles. The summed E-state index contributed by atoms with van der Waals surface area (Å²) in [7, 11) is 0. The standard InChI is InChI=1S/C16H16ClN3O5S2/c1-3-25-14(21)6-10-8-26-16(18-10)27-9(2)15(22)19-13-7-11(20(23)24)4-5-12(13)17/h4-5,7-9H,3,6H2,1-2H3,(H,19,22). The number of esters is 1. The number of benzene rings is 1. The minimum atomic E-state index is -0.565. The largest absolute Gasteiger partial charge is 0.466 e. The quantitative estimate of drug-likeness (QED) is 0.293. The highest BCUT2D eigenvalue weighted by molar-refractivity contribution is 8.02. The summed E-state index contributed by atoms with van der Waals surface area (Å²) in [5.74, 6) is -0.727. The molecule has 1 amide bonds. The Morgan fingerprint density at radius 3 is 2.89 bits per heavy atom. The van der Waals surface area contributed by atoms with E-state index in [4.69, 9.17) is 16.3 Å². The Morgan fingerprint density at radius 1 is 1.48 bits per heavy atom. The summed E-state index contributed by atoms with van der Waals surface area (Å²) in [5.41, 5.74) is 0.583. The second-order valence-electron chi connectivity index (χ2n) is 5.26. The number of rotatable bonds is 8. The van der Waals surface area contributed by atoms with E-state index in [-0.39, 0.29) is 34.7 Å². The van der Waals surface area contributed by atoms with Crippen molar-refractivity contribution >= 4 is 58.0 Å². The first-order valence-electron chi connectivity index (χ1n) is 7.81. The van der Waals surface area contributed by atoms with Crippen molar-refractivity contribution in [3.8, 4) is 0 Å². The van der Waals surface area contributed by atoms with Gasteiger partial charge in [-0.2, -0.15) is 0 Å². The number of anilines is 1. The molecule has 0 radical (unpaired) electrons. The molecule has 0 spiro atoms. The number of carbonyl (C=O) groups is 2. The highest BCUT2D eigenvalue weighted by atomic mass is 35.5. The molecule has 1 unspecified atom stereocenters. The summed E-state index contributed by atoms with van der Waals surface area (Å²) < 4.78 is 5.50. The molecule has 0 aliphatic rings. The van der Waals surface area contributed by atoms with Gasteiger partial charge in [-0.1, -0.05) is 23.4 Å². The van der Waals surface area contributed by atoms with Crippen LogP contribution in [0.4, 0.5) is 11.4 Å². The molecule has 0 aliphatic heterocycles. The van der Waals surface area contributed by atoms with Crippen molar-refractivity contribution < 1.29 is 19.2 Å². The van der Waals surface area contributed by atoms with Crippen molar-refractivity contribution in [1.82, 2.24) is 4.98 Å². The molecular weight excluding hydrogens is 414 g/mol. The van der Waals surface area contributed by atoms with Gasteiger partial charge in [-0.3, -0.25) is 19.7 Å². The minimum absolute atomic E-state index is 0.0781. The number of hydrogen-bond acceptors (Lipinski definition) is 8. The van der Waals surface area contributed by atoms with Crippen molar-refractivity contribution in [2.45, 2.75) is 29.9 Å². The molecule has 0 bridgehead atoms. The number of nitro benzene ring substituents is 1. The number of nitrogens with one attached hydrogen (secondary N) is 1. The van der Waals surface area contributed by atoms with E-state index in [1.54, 1.807) is 19.2 Å². The van der Waals surface area contributed by atoms with Crippen LogP contribution in [0.25, 0.3) is 0 Å². The van der Waals surface area contributed by atoms with E-state index in [1.165, 1.54) is 41.3 Å². The van der Waals surface area contributed by atoms with E-state index < -0.39 is 10.2 Å². The maximum atomic E-state index is 12.4. The molecule has 27 heavy (non-hydrogen) atoms. The number of nitrogens with zero attached hydrogens (tertiary/aromatic N) is 2. The Hall–Kier alpha value is -2.17. The first kappa shape index (κ1) is 21.1. The molecule has 0 saturated carbocycles. The number of carbonyl (C=O) groups excluding carboxylic acids is 2. The molecule has 0 fully saturated rings. The van der Waals surface area contributed by atoms with Crippen LogP contribution >= 0.6 is 34.7 Å². The van der Waals surface area contributed by atoms with E-state index in [0.717, 1.165) is 0 Å². The van der Waals surface area contributed by atoms with Gasteiger partial charge < -0.3 is 10.1 Å². The summed E-state index contributed by atoms with van der Waals surface area (Å²) in [5, 5.41) is 14.9. The first-order chi connectivity index (χ1) is 12.8. The predicted octanol–water partition coefficient (Wildman–Crippen LogP) is 3.93. The Morgan fingerprint density at radius 2 is 2.22 bits per heavy atom. The Balaban J connectivity index is 1.98. The van der Waals surface area contributed by atoms with Crippen LogP contribution in [0, 0.1) is 10.1 Å². The van der Waals surface area contributed by atoms with Crippen LogP contribution in [0.3, 0.4) is 0 Å². The number of amides is 1. The number of nitro groups is 1. The van der Waals surface area contributed by atoms with Gasteiger partial charge in [0.25, 0.3) is 5.69 Å². The van der Waals surface area contributed by atoms with Gasteiger partial charge in [0, 0.05) is 17.5 Å². The third-order valence-corrected chi connectivity index (χ3v) is 5.68. The smallest absolute Gasteiger partial charge is 0.311 e. The van der Waals surface area contributed by atoms with E-state index >= 15 is 0 Å². The van der Waals surface area contributed by atoms with Crippen LogP contribution in [-0.4, -0.2) is 33.6 Å². The maximum Gasteiger partial charge on any atom is 0.311 e. The molecule has 11 heteroatoms. The van der Waals surface area contributed by atoms with Gasteiger partial charge in [0.15, 0.2) is 4.34 Å². The van der Waals surface area contributed by atoms with Crippen LogP contribution in [0.1, 0.15) is 19.5 Å². The second-order valence-corrected chi connectivity index (χ2v) is 8.11. The highest BCUT2D eigenvalue weighted by Gasteiger charge is 2.19. The van der Waals surface area contributed by atoms with Crippen LogP contribution in [0.5, 0.6) is 0 Å². The van der Waals surface area contributed by atoms with Gasteiger partial charge >= 0.3 is 5.97 Å². The SMILES string of the molecule is CCOC(=O)Cc1csc(SC(C)C(=O)Nc2cc([N+](=O)[O-])ccc2Cl)n1. The fraction of sp³-hybridized carbons (Fsp3) is 0.312. The Labute approximate surface area is 168 Å². The molecule has 0 saturated heterocycles. The van der Waals surface area contributed by atoms with Gasteiger partial charge in [-0.25, -0.2) is 4.98 Å². The monoisotopic (exact) mass is 429 g/mol. The van der Waals surface area contributed by atoms with E-state index in [9.17, 15) is 19.7 Å². The summed E-state index contributed by atoms with van der Waals surface area (Å²) in [6.45, 7) is 3.72. The third kappa shape index (κ3) is 6.19. The summed E-state index contributed by atoms with van der Waals surface area (Å²) in [6.07, 6.45) is 0.0781. The number of non-ortho nitro benzene ring substituents is 1. The highest BCUT2D eigenvalue weighted by Crippen LogP contribution is 2.30. The van der Waals surface area contributed by atoms with Crippen molar-refractivity contribution in [2.75, 3.05) is 11.9 Å². The zero-order valence-corrected chi connectivity index (χ0v) is 16.8. The summed E-state index contributed by atoms with van der Waals surface area (Å²) in [4.78, 5) is 38.4. The molecule has 8 nitrogen and oxygen atoms in total. The zero-order valence-electron chi connectivity index (χ0n) is 14.4. The van der Waals surface area contributed by atoms with Gasteiger partial charge in [0.05, 0.1) is 39.6 Å². The van der Waals surface area contributed by atoms with Crippen LogP contribution in [0.2, 0.25) is 5.02 Å². The van der Waals surface area contributed by atoms with Gasteiger partial charge in [-0.15, -0.1) is 11.3 Å². The fourth-order valence-electron chi connectivity index (χ4n) is 1.95. The molecular formula is C16H16ClN3O5S2. The lowest BCUT2D eigenvalue weighted by molar-refractivity contribution is -0.384. The molecule has 1 aromatic heterocycles. The minimum Gasteiger partial charge on any atom is -0.466 e. The predicted molar refractivity (Wildman–Crippen MR) is 105 cm³/mol. The molecule has 1 aromatic carbocycles. The van der Waals surface area contributed by atoms with E-state index in [1.807, 2.05) is 0 Å². The molecule has 2 aromatic rings. The lowest BCUT2D eigenvalue weighted by Crippen LogP contribution is -2.22. The maximum absolute atomic E-state index is 12.4. The average Bonchev–Trinajstić information content (AvgIpc) is 3.03. The molecule has 144 valence electrons. The van der Waals surface area contributed by atoms with Crippen LogP contribution in [-0.2, 0) is 20.7 Å². The number of thioether (sulfide) groups is 1. The number of ether oxygens (including phenoxy) is 1. The second kappa shape index (κ2) is 9.67. The zero-order chi connectivity index (χ0) is 20.0. The van der Waals surface area contributed by atoms with Crippen molar-refractivity contribution in [3.05, 3.63) is 44.4 Å². The summed E-state index contributed by atoms with van der Waals surface area (Å²) >= 11 is 8.52. The normalized spacial score (nSPS) is 11.7. The number of thiazole rings is 1. The molecule has 0 aliphatic carbocycles. The lowest BCUT2D eigenvalue weighted by atomic mass is 10.2. The Kier molecular flexibility index (Phi) is 7.57. The molecule has 1 N–H and O–H groups in total. The lowest BCUT2D eigenvalue weighted by Gasteiger charge is -2.11. The first-order valence-corrected chi connectivity index (χ1v) is 9.95. The van der Waals surface area contributed by atoms with Gasteiger partial charge in [0.2, 0.25) is 5.91 Å². The van der Waals surface area contributed by atoms with Crippen molar-refractivity contribution in [2.24, 2.45) is 0 Å². The third-order valence-electron chi connectivity index (χ3n) is 3.23. The van der Waals surface area contributed by atoms with Crippen molar-refractivity contribution in [3.63, 3.8) is 0 Å². The van der Waals surface area contributed by atoms with Gasteiger partial charge in [-0.05, 0) is 19.9 Å². The number of halogens is 1. The van der Waals surface area contributed by atoms with E-state index in [0.29, 0.717) is 16.6 Å². The van der Waals surface area contributed by atoms with Gasteiger partial charge in [0.1, 0.15) is 0 Å². The van der Waals surface area contributed by atoms with Crippen molar-refractivity contribution in [1.29, 1.82) is 0 Å². The average molecular weight is 430 g/mol. The molecule has 2 rings (SSSR count). The molecule has 1 atom stereocenters. The Bertz CT molecular complexity index is 858.